The van der Waals surface area contributed by atoms with Crippen molar-refractivity contribution >= 4 is 23.6 Å². The molecule has 2 fully saturated rings. The molecule has 1 amide bonds. The van der Waals surface area contributed by atoms with Gasteiger partial charge in [0, 0.05) is 31.0 Å². The van der Waals surface area contributed by atoms with Gasteiger partial charge in [0.05, 0.1) is 5.41 Å². The first-order valence-electron chi connectivity index (χ1n) is 6.23. The fourth-order valence-corrected chi connectivity index (χ4v) is 3.64. The molecule has 2 rings (SSSR count). The topological polar surface area (TPSA) is 57.6 Å². The molecule has 96 valence electrons. The third-order valence-corrected chi connectivity index (χ3v) is 4.81. The molecule has 1 aliphatic heterocycles. The molecule has 1 N–H and O–H groups in total. The van der Waals surface area contributed by atoms with Crippen molar-refractivity contribution in [3.63, 3.8) is 0 Å². The molecule has 2 aliphatic rings. The molecule has 0 atom stereocenters. The number of carbonyl (C=O) groups is 2. The maximum Gasteiger partial charge on any atom is 0.310 e. The van der Waals surface area contributed by atoms with Crippen LogP contribution in [0.2, 0.25) is 0 Å². The largest absolute Gasteiger partial charge is 0.481 e. The summed E-state index contributed by atoms with van der Waals surface area (Å²) in [6, 6.07) is 0. The number of hydrogen-bond donors (Lipinski definition) is 1. The second-order valence-electron chi connectivity index (χ2n) is 4.96. The van der Waals surface area contributed by atoms with Crippen molar-refractivity contribution in [1.29, 1.82) is 0 Å². The van der Waals surface area contributed by atoms with E-state index in [9.17, 15) is 14.7 Å². The van der Waals surface area contributed by atoms with Crippen molar-refractivity contribution in [1.82, 2.24) is 4.90 Å². The zero-order valence-electron chi connectivity index (χ0n) is 9.98. The number of aliphatic carboxylic acids is 1. The van der Waals surface area contributed by atoms with Gasteiger partial charge in [-0.3, -0.25) is 9.59 Å². The molecule has 0 aromatic carbocycles. The van der Waals surface area contributed by atoms with Gasteiger partial charge in [-0.1, -0.05) is 12.8 Å². The van der Waals surface area contributed by atoms with Crippen LogP contribution in [0.4, 0.5) is 0 Å². The molecule has 1 aliphatic carbocycles. The highest BCUT2D eigenvalue weighted by Gasteiger charge is 2.43. The average Bonchev–Trinajstić information content (AvgIpc) is 2.80. The summed E-state index contributed by atoms with van der Waals surface area (Å²) in [6.45, 7) is 1.55. The molecular weight excluding hydrogens is 238 g/mol. The van der Waals surface area contributed by atoms with Crippen molar-refractivity contribution in [2.24, 2.45) is 5.41 Å². The zero-order chi connectivity index (χ0) is 12.3. The lowest BCUT2D eigenvalue weighted by molar-refractivity contribution is -0.153. The fourth-order valence-electron chi connectivity index (χ4n) is 2.73. The van der Waals surface area contributed by atoms with E-state index in [1.165, 1.54) is 0 Å². The SMILES string of the molecule is O=C(CC1(C(=O)O)CCCC1)N1CCSCC1. The molecule has 1 heterocycles. The molecule has 5 heteroatoms. The summed E-state index contributed by atoms with van der Waals surface area (Å²) in [5.41, 5.74) is -0.762. The molecule has 0 radical (unpaired) electrons. The zero-order valence-corrected chi connectivity index (χ0v) is 10.8. The Balaban J connectivity index is 1.98. The van der Waals surface area contributed by atoms with Crippen LogP contribution in [0.15, 0.2) is 0 Å². The van der Waals surface area contributed by atoms with E-state index in [0.717, 1.165) is 37.4 Å². The molecule has 0 spiro atoms. The van der Waals surface area contributed by atoms with E-state index in [0.29, 0.717) is 12.8 Å². The van der Waals surface area contributed by atoms with Crippen LogP contribution in [0.5, 0.6) is 0 Å². The third kappa shape index (κ3) is 2.76. The number of hydrogen-bond acceptors (Lipinski definition) is 3. The fraction of sp³-hybridized carbons (Fsp3) is 0.833. The summed E-state index contributed by atoms with van der Waals surface area (Å²) in [6.07, 6.45) is 3.41. The van der Waals surface area contributed by atoms with Crippen molar-refractivity contribution < 1.29 is 14.7 Å². The number of nitrogens with zero attached hydrogens (tertiary/aromatic N) is 1. The van der Waals surface area contributed by atoms with Crippen LogP contribution in [0.25, 0.3) is 0 Å². The Morgan fingerprint density at radius 2 is 1.76 bits per heavy atom. The minimum Gasteiger partial charge on any atom is -0.481 e. The summed E-state index contributed by atoms with van der Waals surface area (Å²) >= 11 is 1.85. The standard InChI is InChI=1S/C12H19NO3S/c14-10(13-5-7-17-8-6-13)9-12(11(15)16)3-1-2-4-12/h1-9H2,(H,15,16). The van der Waals surface area contributed by atoms with E-state index in [4.69, 9.17) is 0 Å². The lowest BCUT2D eigenvalue weighted by atomic mass is 9.82. The molecule has 4 nitrogen and oxygen atoms in total. The number of thioether (sulfide) groups is 1. The summed E-state index contributed by atoms with van der Waals surface area (Å²) in [7, 11) is 0. The minimum absolute atomic E-state index is 0.0367. The monoisotopic (exact) mass is 257 g/mol. The van der Waals surface area contributed by atoms with Crippen LogP contribution in [0, 0.1) is 5.41 Å². The van der Waals surface area contributed by atoms with Crippen molar-refractivity contribution in [3.8, 4) is 0 Å². The third-order valence-electron chi connectivity index (χ3n) is 3.87. The number of amides is 1. The van der Waals surface area contributed by atoms with Crippen LogP contribution in [-0.4, -0.2) is 46.5 Å². The molecule has 0 aromatic rings. The number of carboxylic acids is 1. The van der Waals surface area contributed by atoms with Gasteiger partial charge in [0.25, 0.3) is 0 Å². The van der Waals surface area contributed by atoms with Gasteiger partial charge in [0.1, 0.15) is 0 Å². The lowest BCUT2D eigenvalue weighted by Gasteiger charge is -2.30. The van der Waals surface area contributed by atoms with E-state index >= 15 is 0 Å². The Bertz CT molecular complexity index is 307. The van der Waals surface area contributed by atoms with E-state index in [1.807, 2.05) is 16.7 Å². The summed E-state index contributed by atoms with van der Waals surface area (Å²) < 4.78 is 0. The number of rotatable bonds is 3. The van der Waals surface area contributed by atoms with Gasteiger partial charge in [-0.05, 0) is 12.8 Å². The molecule has 0 bridgehead atoms. The van der Waals surface area contributed by atoms with Gasteiger partial charge in [-0.15, -0.1) is 0 Å². The normalized spacial score (nSPS) is 23.6. The Kier molecular flexibility index (Phi) is 3.97. The Morgan fingerprint density at radius 3 is 2.29 bits per heavy atom. The quantitative estimate of drug-likeness (QED) is 0.834. The maximum absolute atomic E-state index is 12.1. The van der Waals surface area contributed by atoms with E-state index in [-0.39, 0.29) is 12.3 Å². The first-order chi connectivity index (χ1) is 8.14. The predicted molar refractivity (Wildman–Crippen MR) is 67.1 cm³/mol. The van der Waals surface area contributed by atoms with Crippen LogP contribution >= 0.6 is 11.8 Å². The first-order valence-corrected chi connectivity index (χ1v) is 7.38. The van der Waals surface area contributed by atoms with Crippen LogP contribution in [0.1, 0.15) is 32.1 Å². The van der Waals surface area contributed by atoms with Gasteiger partial charge in [0.15, 0.2) is 0 Å². The predicted octanol–water partition coefficient (Wildman–Crippen LogP) is 1.60. The van der Waals surface area contributed by atoms with E-state index in [2.05, 4.69) is 0 Å². The second-order valence-corrected chi connectivity index (χ2v) is 6.19. The van der Waals surface area contributed by atoms with Gasteiger partial charge in [-0.2, -0.15) is 11.8 Å². The van der Waals surface area contributed by atoms with Gasteiger partial charge in [-0.25, -0.2) is 0 Å². The maximum atomic E-state index is 12.1. The molecule has 1 saturated carbocycles. The van der Waals surface area contributed by atoms with Crippen molar-refractivity contribution in [2.75, 3.05) is 24.6 Å². The van der Waals surface area contributed by atoms with E-state index < -0.39 is 11.4 Å². The van der Waals surface area contributed by atoms with E-state index in [1.54, 1.807) is 0 Å². The Labute approximate surface area is 106 Å². The molecule has 0 unspecified atom stereocenters. The highest BCUT2D eigenvalue weighted by molar-refractivity contribution is 7.99. The molecule has 1 saturated heterocycles. The van der Waals surface area contributed by atoms with Gasteiger partial charge < -0.3 is 10.0 Å². The minimum atomic E-state index is -0.783. The van der Waals surface area contributed by atoms with Crippen LogP contribution in [0.3, 0.4) is 0 Å². The summed E-state index contributed by atoms with van der Waals surface area (Å²) in [5.74, 6) is 1.21. The van der Waals surface area contributed by atoms with Gasteiger partial charge in [0.2, 0.25) is 5.91 Å². The first kappa shape index (κ1) is 12.7. The highest BCUT2D eigenvalue weighted by Crippen LogP contribution is 2.41. The van der Waals surface area contributed by atoms with Crippen molar-refractivity contribution in [3.05, 3.63) is 0 Å². The van der Waals surface area contributed by atoms with Crippen molar-refractivity contribution in [2.45, 2.75) is 32.1 Å². The number of carbonyl (C=O) groups excluding carboxylic acids is 1. The molecule has 0 aromatic heterocycles. The Morgan fingerprint density at radius 1 is 1.18 bits per heavy atom. The smallest absolute Gasteiger partial charge is 0.310 e. The lowest BCUT2D eigenvalue weighted by Crippen LogP contribution is -2.42. The summed E-state index contributed by atoms with van der Waals surface area (Å²) in [5, 5.41) is 9.34. The molecule has 17 heavy (non-hydrogen) atoms. The van der Waals surface area contributed by atoms with Crippen LogP contribution in [-0.2, 0) is 9.59 Å². The van der Waals surface area contributed by atoms with Crippen LogP contribution < -0.4 is 0 Å². The molecular formula is C12H19NO3S. The Hall–Kier alpha value is -0.710. The second kappa shape index (κ2) is 5.29. The summed E-state index contributed by atoms with van der Waals surface area (Å²) in [4.78, 5) is 25.3. The number of carboxylic acid groups (broad SMARTS) is 1. The average molecular weight is 257 g/mol. The highest BCUT2D eigenvalue weighted by atomic mass is 32.2. The van der Waals surface area contributed by atoms with Gasteiger partial charge >= 0.3 is 5.97 Å².